The van der Waals surface area contributed by atoms with Crippen molar-refractivity contribution in [1.29, 1.82) is 0 Å². The van der Waals surface area contributed by atoms with Crippen molar-refractivity contribution in [3.63, 3.8) is 0 Å². The van der Waals surface area contributed by atoms with E-state index >= 15 is 0 Å². The number of furan rings is 1. The van der Waals surface area contributed by atoms with Crippen LogP contribution in [0, 0.1) is 5.92 Å². The highest BCUT2D eigenvalue weighted by atomic mass is 16.3. The van der Waals surface area contributed by atoms with Gasteiger partial charge in [0.05, 0.1) is 19.0 Å². The quantitative estimate of drug-likeness (QED) is 0.493. The van der Waals surface area contributed by atoms with Crippen LogP contribution in [-0.2, 0) is 30.8 Å². The molecular formula is C29H41N7O2. The second-order valence-electron chi connectivity index (χ2n) is 11.3. The first kappa shape index (κ1) is 25.3. The summed E-state index contributed by atoms with van der Waals surface area (Å²) in [6.45, 7) is 7.21. The average Bonchev–Trinajstić information content (AvgIpc) is 3.48. The average molecular weight is 520 g/mol. The van der Waals surface area contributed by atoms with Crippen LogP contribution in [0.1, 0.15) is 82.1 Å². The first-order valence-electron chi connectivity index (χ1n) is 14.7. The lowest BCUT2D eigenvalue weighted by Gasteiger charge is -2.34. The van der Waals surface area contributed by atoms with Gasteiger partial charge in [0.1, 0.15) is 23.7 Å². The number of aromatic nitrogens is 4. The number of hydrogen-bond acceptors (Lipinski definition) is 7. The van der Waals surface area contributed by atoms with Gasteiger partial charge in [-0.05, 0) is 63.6 Å². The van der Waals surface area contributed by atoms with Crippen LogP contribution in [0.2, 0.25) is 0 Å². The van der Waals surface area contributed by atoms with Crippen LogP contribution in [0.25, 0.3) is 11.2 Å². The maximum absolute atomic E-state index is 13.2. The molecule has 3 aliphatic rings. The lowest BCUT2D eigenvalue weighted by atomic mass is 9.97. The van der Waals surface area contributed by atoms with Crippen molar-refractivity contribution in [1.82, 2.24) is 29.7 Å². The molecule has 2 atom stereocenters. The molecule has 6 heterocycles. The number of carbonyl (C=O) groups excluding carboxylic acids is 1. The summed E-state index contributed by atoms with van der Waals surface area (Å²) in [6, 6.07) is 4.73. The van der Waals surface area contributed by atoms with Crippen LogP contribution >= 0.6 is 0 Å². The molecule has 3 aromatic heterocycles. The Morgan fingerprint density at radius 2 is 1.92 bits per heavy atom. The molecule has 38 heavy (non-hydrogen) atoms. The van der Waals surface area contributed by atoms with E-state index in [2.05, 4.69) is 42.6 Å². The van der Waals surface area contributed by atoms with Gasteiger partial charge in [-0.2, -0.15) is 0 Å². The van der Waals surface area contributed by atoms with Gasteiger partial charge in [-0.1, -0.05) is 19.8 Å². The Bertz CT molecular complexity index is 1250. The van der Waals surface area contributed by atoms with E-state index in [0.717, 1.165) is 79.8 Å². The molecule has 9 heteroatoms. The monoisotopic (exact) mass is 519 g/mol. The Kier molecular flexibility index (Phi) is 7.63. The number of nitrogens with one attached hydrogen (secondary N) is 1. The van der Waals surface area contributed by atoms with E-state index in [-0.39, 0.29) is 11.8 Å². The summed E-state index contributed by atoms with van der Waals surface area (Å²) >= 11 is 0. The molecule has 1 amide bonds. The molecule has 0 spiro atoms. The SMILES string of the molecule is CC[C@H]1CCCCN1Cc1ccc(CNC(=O)[C@H]2CCCN(c3ncnc4c3nc3n4CCCCC3)C2)o1. The summed E-state index contributed by atoms with van der Waals surface area (Å²) in [5, 5.41) is 3.14. The van der Waals surface area contributed by atoms with Crippen molar-refractivity contribution >= 4 is 22.9 Å². The van der Waals surface area contributed by atoms with Crippen molar-refractivity contribution in [3.05, 3.63) is 35.8 Å². The van der Waals surface area contributed by atoms with Crippen LogP contribution in [0.4, 0.5) is 5.82 Å². The number of amides is 1. The summed E-state index contributed by atoms with van der Waals surface area (Å²) in [5.74, 6) is 3.80. The molecule has 2 saturated heterocycles. The molecular weight excluding hydrogens is 478 g/mol. The molecule has 0 radical (unpaired) electrons. The van der Waals surface area contributed by atoms with E-state index < -0.39 is 0 Å². The molecule has 0 saturated carbocycles. The Morgan fingerprint density at radius 1 is 1.03 bits per heavy atom. The predicted octanol–water partition coefficient (Wildman–Crippen LogP) is 4.44. The van der Waals surface area contributed by atoms with Gasteiger partial charge < -0.3 is 19.2 Å². The second-order valence-corrected chi connectivity index (χ2v) is 11.3. The maximum atomic E-state index is 13.2. The fourth-order valence-electron chi connectivity index (χ4n) is 6.59. The summed E-state index contributed by atoms with van der Waals surface area (Å²) in [5.41, 5.74) is 1.81. The van der Waals surface area contributed by atoms with Crippen molar-refractivity contribution in [2.45, 2.75) is 96.8 Å². The molecule has 0 unspecified atom stereocenters. The molecule has 204 valence electrons. The number of hydrogen-bond donors (Lipinski definition) is 1. The van der Waals surface area contributed by atoms with E-state index in [0.29, 0.717) is 19.1 Å². The second kappa shape index (κ2) is 11.4. The summed E-state index contributed by atoms with van der Waals surface area (Å²) in [4.78, 5) is 32.1. The van der Waals surface area contributed by atoms with Gasteiger partial charge in [0.2, 0.25) is 5.91 Å². The first-order chi connectivity index (χ1) is 18.7. The van der Waals surface area contributed by atoms with Crippen LogP contribution < -0.4 is 10.2 Å². The fourth-order valence-corrected chi connectivity index (χ4v) is 6.59. The largest absolute Gasteiger partial charge is 0.463 e. The van der Waals surface area contributed by atoms with Crippen molar-refractivity contribution in [2.75, 3.05) is 24.5 Å². The lowest BCUT2D eigenvalue weighted by Crippen LogP contribution is -2.43. The number of fused-ring (bicyclic) bond motifs is 3. The van der Waals surface area contributed by atoms with E-state index in [4.69, 9.17) is 9.40 Å². The highest BCUT2D eigenvalue weighted by Crippen LogP contribution is 2.29. The van der Waals surface area contributed by atoms with Crippen LogP contribution in [-0.4, -0.2) is 56.0 Å². The molecule has 0 aliphatic carbocycles. The van der Waals surface area contributed by atoms with Crippen molar-refractivity contribution in [2.24, 2.45) is 5.92 Å². The third-order valence-electron chi connectivity index (χ3n) is 8.70. The predicted molar refractivity (Wildman–Crippen MR) is 147 cm³/mol. The molecule has 1 N–H and O–H groups in total. The van der Waals surface area contributed by atoms with Gasteiger partial charge >= 0.3 is 0 Å². The molecule has 0 bridgehead atoms. The van der Waals surface area contributed by atoms with Gasteiger partial charge in [0, 0.05) is 32.1 Å². The first-order valence-corrected chi connectivity index (χ1v) is 14.7. The third kappa shape index (κ3) is 5.30. The highest BCUT2D eigenvalue weighted by molar-refractivity contribution is 5.85. The highest BCUT2D eigenvalue weighted by Gasteiger charge is 2.29. The Hall–Kier alpha value is -2.94. The lowest BCUT2D eigenvalue weighted by molar-refractivity contribution is -0.125. The summed E-state index contributed by atoms with van der Waals surface area (Å²) in [6.07, 6.45) is 13.1. The number of carbonyl (C=O) groups is 1. The number of piperidine rings is 2. The zero-order valence-electron chi connectivity index (χ0n) is 22.7. The molecule has 3 aliphatic heterocycles. The number of nitrogens with zero attached hydrogens (tertiary/aromatic N) is 6. The number of likely N-dealkylation sites (tertiary alicyclic amines) is 1. The van der Waals surface area contributed by atoms with Crippen LogP contribution in [0.5, 0.6) is 0 Å². The molecule has 2 fully saturated rings. The number of rotatable bonds is 7. The van der Waals surface area contributed by atoms with Crippen LogP contribution in [0.15, 0.2) is 22.9 Å². The van der Waals surface area contributed by atoms with E-state index in [9.17, 15) is 4.79 Å². The molecule has 0 aromatic carbocycles. The summed E-state index contributed by atoms with van der Waals surface area (Å²) < 4.78 is 8.38. The molecule has 9 nitrogen and oxygen atoms in total. The molecule has 6 rings (SSSR count). The van der Waals surface area contributed by atoms with Gasteiger partial charge in [0.25, 0.3) is 0 Å². The van der Waals surface area contributed by atoms with Gasteiger partial charge in [0.15, 0.2) is 17.0 Å². The minimum absolute atomic E-state index is 0.0812. The van der Waals surface area contributed by atoms with E-state index in [1.807, 2.05) is 6.07 Å². The zero-order valence-corrected chi connectivity index (χ0v) is 22.7. The zero-order chi connectivity index (χ0) is 25.9. The fraction of sp³-hybridized carbons (Fsp3) is 0.655. The Labute approximate surface area is 225 Å². The third-order valence-corrected chi connectivity index (χ3v) is 8.70. The van der Waals surface area contributed by atoms with Gasteiger partial charge in [-0.25, -0.2) is 15.0 Å². The Morgan fingerprint density at radius 3 is 2.84 bits per heavy atom. The minimum Gasteiger partial charge on any atom is -0.463 e. The minimum atomic E-state index is -0.0812. The van der Waals surface area contributed by atoms with Gasteiger partial charge in [-0.3, -0.25) is 9.69 Å². The Balaban J connectivity index is 1.07. The standard InChI is InChI=1S/C29H41N7O2/c1-2-22-10-5-7-14-34(22)19-24-13-12-23(38-24)17-30-29(37)21-9-8-15-35(18-21)27-26-28(32-20-31-27)36-16-6-3-4-11-25(36)33-26/h12-13,20-22H,2-11,14-19H2,1H3,(H,30,37)/t21-,22-/m0/s1. The topological polar surface area (TPSA) is 92.3 Å². The number of anilines is 1. The van der Waals surface area contributed by atoms with Gasteiger partial charge in [-0.15, -0.1) is 0 Å². The van der Waals surface area contributed by atoms with Crippen molar-refractivity contribution in [3.8, 4) is 0 Å². The van der Waals surface area contributed by atoms with Crippen molar-refractivity contribution < 1.29 is 9.21 Å². The normalized spacial score (nSPS) is 22.8. The van der Waals surface area contributed by atoms with E-state index in [1.165, 1.54) is 44.9 Å². The number of aryl methyl sites for hydroxylation is 2. The number of imidazole rings is 1. The smallest absolute Gasteiger partial charge is 0.225 e. The molecule has 3 aromatic rings. The maximum Gasteiger partial charge on any atom is 0.225 e. The van der Waals surface area contributed by atoms with Crippen LogP contribution in [0.3, 0.4) is 0 Å². The van der Waals surface area contributed by atoms with E-state index in [1.54, 1.807) is 6.33 Å². The summed E-state index contributed by atoms with van der Waals surface area (Å²) in [7, 11) is 0.